The summed E-state index contributed by atoms with van der Waals surface area (Å²) in [6, 6.07) is 0.111. The summed E-state index contributed by atoms with van der Waals surface area (Å²) in [6.07, 6.45) is 5.07. The van der Waals surface area contributed by atoms with E-state index in [4.69, 9.17) is 0 Å². The van der Waals surface area contributed by atoms with Crippen molar-refractivity contribution in [3.05, 3.63) is 22.7 Å². The lowest BCUT2D eigenvalue weighted by Gasteiger charge is -2.16. The second-order valence-corrected chi connectivity index (χ2v) is 4.65. The third-order valence-corrected chi connectivity index (χ3v) is 2.96. The smallest absolute Gasteiger partial charge is 0.293 e. The van der Waals surface area contributed by atoms with E-state index in [1.54, 1.807) is 17.0 Å². The molecule has 1 fully saturated rings. The molecule has 5 nitrogen and oxygen atoms in total. The first-order chi connectivity index (χ1) is 7.58. The monoisotopic (exact) mass is 223 g/mol. The van der Waals surface area contributed by atoms with Crippen LogP contribution in [0.1, 0.15) is 32.7 Å². The van der Waals surface area contributed by atoms with Gasteiger partial charge in [0, 0.05) is 18.4 Å². The zero-order chi connectivity index (χ0) is 11.8. The SMILES string of the molecule is CC(C)n1ccnc(NC2(CO)CC2)c1=O. The van der Waals surface area contributed by atoms with Gasteiger partial charge in [-0.05, 0) is 26.7 Å². The fourth-order valence-corrected chi connectivity index (χ4v) is 1.64. The number of rotatable bonds is 4. The average molecular weight is 223 g/mol. The molecule has 0 amide bonds. The normalized spacial score (nSPS) is 17.5. The molecule has 16 heavy (non-hydrogen) atoms. The Bertz CT molecular complexity index is 435. The van der Waals surface area contributed by atoms with E-state index in [9.17, 15) is 9.90 Å². The molecule has 2 N–H and O–H groups in total. The Balaban J connectivity index is 2.28. The summed E-state index contributed by atoms with van der Waals surface area (Å²) in [5.74, 6) is 0.336. The van der Waals surface area contributed by atoms with Gasteiger partial charge in [0.05, 0.1) is 12.1 Å². The maximum atomic E-state index is 12.0. The van der Waals surface area contributed by atoms with E-state index in [1.165, 1.54) is 0 Å². The molecular formula is C11H17N3O2. The number of nitrogens with one attached hydrogen (secondary N) is 1. The highest BCUT2D eigenvalue weighted by molar-refractivity contribution is 5.38. The molecule has 0 unspecified atom stereocenters. The number of hydrogen-bond acceptors (Lipinski definition) is 4. The van der Waals surface area contributed by atoms with Crippen molar-refractivity contribution in [2.45, 2.75) is 38.3 Å². The average Bonchev–Trinajstić information content (AvgIpc) is 3.01. The van der Waals surface area contributed by atoms with Crippen molar-refractivity contribution in [3.63, 3.8) is 0 Å². The Hall–Kier alpha value is -1.36. The number of aromatic nitrogens is 2. The van der Waals surface area contributed by atoms with Gasteiger partial charge in [-0.2, -0.15) is 0 Å². The number of anilines is 1. The van der Waals surface area contributed by atoms with Crippen LogP contribution >= 0.6 is 0 Å². The maximum absolute atomic E-state index is 12.0. The number of aliphatic hydroxyl groups excluding tert-OH is 1. The van der Waals surface area contributed by atoms with E-state index in [-0.39, 0.29) is 23.7 Å². The van der Waals surface area contributed by atoms with Gasteiger partial charge in [0.25, 0.3) is 5.56 Å². The number of nitrogens with zero attached hydrogens (tertiary/aromatic N) is 2. The fraction of sp³-hybridized carbons (Fsp3) is 0.636. The highest BCUT2D eigenvalue weighted by Crippen LogP contribution is 2.37. The molecule has 0 aromatic carbocycles. The van der Waals surface area contributed by atoms with Gasteiger partial charge in [0.2, 0.25) is 0 Å². The predicted octanol–water partition coefficient (Wildman–Crippen LogP) is 0.761. The molecule has 88 valence electrons. The fourth-order valence-electron chi connectivity index (χ4n) is 1.64. The maximum Gasteiger partial charge on any atom is 0.293 e. The summed E-state index contributed by atoms with van der Waals surface area (Å²) in [6.45, 7) is 3.94. The lowest BCUT2D eigenvalue weighted by molar-refractivity contribution is 0.265. The third kappa shape index (κ3) is 1.95. The minimum absolute atomic E-state index is 0.0463. The van der Waals surface area contributed by atoms with Crippen molar-refractivity contribution in [2.75, 3.05) is 11.9 Å². The lowest BCUT2D eigenvalue weighted by Crippen LogP contribution is -2.33. The molecule has 2 rings (SSSR count). The van der Waals surface area contributed by atoms with Crippen molar-refractivity contribution in [2.24, 2.45) is 0 Å². The van der Waals surface area contributed by atoms with Crippen LogP contribution in [0.2, 0.25) is 0 Å². The zero-order valence-corrected chi connectivity index (χ0v) is 9.60. The summed E-state index contributed by atoms with van der Waals surface area (Å²) in [5.41, 5.74) is -0.431. The van der Waals surface area contributed by atoms with Crippen LogP contribution in [0.4, 0.5) is 5.82 Å². The third-order valence-electron chi connectivity index (χ3n) is 2.96. The Morgan fingerprint density at radius 2 is 2.31 bits per heavy atom. The van der Waals surface area contributed by atoms with Gasteiger partial charge < -0.3 is 15.0 Å². The van der Waals surface area contributed by atoms with Gasteiger partial charge in [0.1, 0.15) is 0 Å². The van der Waals surface area contributed by atoms with Crippen LogP contribution in [0.15, 0.2) is 17.2 Å². The van der Waals surface area contributed by atoms with E-state index in [1.807, 2.05) is 13.8 Å². The molecule has 1 aliphatic carbocycles. The van der Waals surface area contributed by atoms with Gasteiger partial charge in [0.15, 0.2) is 5.82 Å². The van der Waals surface area contributed by atoms with Gasteiger partial charge in [-0.25, -0.2) is 4.98 Å². The predicted molar refractivity (Wildman–Crippen MR) is 61.6 cm³/mol. The quantitative estimate of drug-likeness (QED) is 0.791. The van der Waals surface area contributed by atoms with Crippen LogP contribution in [-0.4, -0.2) is 26.8 Å². The van der Waals surface area contributed by atoms with Crippen LogP contribution < -0.4 is 10.9 Å². The second-order valence-electron chi connectivity index (χ2n) is 4.65. The molecule has 0 bridgehead atoms. The molecule has 5 heteroatoms. The van der Waals surface area contributed by atoms with Gasteiger partial charge in [-0.15, -0.1) is 0 Å². The van der Waals surface area contributed by atoms with Crippen LogP contribution in [0.3, 0.4) is 0 Å². The first kappa shape index (κ1) is 11.1. The van der Waals surface area contributed by atoms with Crippen LogP contribution in [0.25, 0.3) is 0 Å². The molecule has 0 atom stereocenters. The number of aliphatic hydroxyl groups is 1. The van der Waals surface area contributed by atoms with Gasteiger partial charge in [-0.3, -0.25) is 4.79 Å². The van der Waals surface area contributed by atoms with E-state index in [0.29, 0.717) is 5.82 Å². The summed E-state index contributed by atoms with van der Waals surface area (Å²) in [5, 5.41) is 12.2. The highest BCUT2D eigenvalue weighted by atomic mass is 16.3. The van der Waals surface area contributed by atoms with E-state index in [2.05, 4.69) is 10.3 Å². The molecule has 1 aromatic rings. The van der Waals surface area contributed by atoms with Crippen LogP contribution in [-0.2, 0) is 0 Å². The van der Waals surface area contributed by atoms with E-state index in [0.717, 1.165) is 12.8 Å². The Morgan fingerprint density at radius 1 is 1.62 bits per heavy atom. The standard InChI is InChI=1S/C11H17N3O2/c1-8(2)14-6-5-12-9(10(14)16)13-11(7-15)3-4-11/h5-6,8,15H,3-4,7H2,1-2H3,(H,12,13). The minimum Gasteiger partial charge on any atom is -0.394 e. The van der Waals surface area contributed by atoms with Crippen molar-refractivity contribution >= 4 is 5.82 Å². The molecule has 0 spiro atoms. The van der Waals surface area contributed by atoms with Crippen LogP contribution in [0.5, 0.6) is 0 Å². The Morgan fingerprint density at radius 3 is 2.81 bits per heavy atom. The first-order valence-electron chi connectivity index (χ1n) is 5.54. The van der Waals surface area contributed by atoms with E-state index < -0.39 is 0 Å². The molecule has 0 aliphatic heterocycles. The molecule has 1 saturated carbocycles. The number of hydrogen-bond donors (Lipinski definition) is 2. The first-order valence-corrected chi connectivity index (χ1v) is 5.54. The molecule has 1 aliphatic rings. The highest BCUT2D eigenvalue weighted by Gasteiger charge is 2.42. The molecule has 1 heterocycles. The van der Waals surface area contributed by atoms with Crippen molar-refractivity contribution in [1.82, 2.24) is 9.55 Å². The Labute approximate surface area is 94.1 Å². The zero-order valence-electron chi connectivity index (χ0n) is 9.60. The lowest BCUT2D eigenvalue weighted by atomic mass is 10.3. The van der Waals surface area contributed by atoms with Gasteiger partial charge in [-0.1, -0.05) is 0 Å². The van der Waals surface area contributed by atoms with Crippen molar-refractivity contribution in [3.8, 4) is 0 Å². The van der Waals surface area contributed by atoms with Crippen molar-refractivity contribution in [1.29, 1.82) is 0 Å². The summed E-state index contributed by atoms with van der Waals surface area (Å²) in [4.78, 5) is 16.0. The Kier molecular flexibility index (Phi) is 2.71. The van der Waals surface area contributed by atoms with Crippen LogP contribution in [0, 0.1) is 0 Å². The molecular weight excluding hydrogens is 206 g/mol. The summed E-state index contributed by atoms with van der Waals surface area (Å²) < 4.78 is 1.63. The van der Waals surface area contributed by atoms with Crippen molar-refractivity contribution < 1.29 is 5.11 Å². The van der Waals surface area contributed by atoms with E-state index >= 15 is 0 Å². The van der Waals surface area contributed by atoms with Gasteiger partial charge >= 0.3 is 0 Å². The molecule has 0 radical (unpaired) electrons. The summed E-state index contributed by atoms with van der Waals surface area (Å²) in [7, 11) is 0. The molecule has 0 saturated heterocycles. The second kappa shape index (κ2) is 3.90. The summed E-state index contributed by atoms with van der Waals surface area (Å²) >= 11 is 0. The topological polar surface area (TPSA) is 67.2 Å². The molecule has 1 aromatic heterocycles. The minimum atomic E-state index is -0.303. The largest absolute Gasteiger partial charge is 0.394 e.